The first kappa shape index (κ1) is 15.1. The minimum absolute atomic E-state index is 0.0856. The number of allylic oxidation sites excluding steroid dienone is 3. The van der Waals surface area contributed by atoms with E-state index < -0.39 is 0 Å². The predicted octanol–water partition coefficient (Wildman–Crippen LogP) is 1.87. The predicted molar refractivity (Wildman–Crippen MR) is 75.8 cm³/mol. The Kier molecular flexibility index (Phi) is 6.47. The van der Waals surface area contributed by atoms with Crippen molar-refractivity contribution < 1.29 is 14.9 Å². The smallest absolute Gasteiger partial charge is 0.175 e. The van der Waals surface area contributed by atoms with Crippen LogP contribution in [0.1, 0.15) is 30.6 Å². The van der Waals surface area contributed by atoms with Crippen molar-refractivity contribution in [2.75, 3.05) is 6.54 Å². The van der Waals surface area contributed by atoms with Crippen LogP contribution in [0, 0.1) is 0 Å². The van der Waals surface area contributed by atoms with Gasteiger partial charge in [0.2, 0.25) is 0 Å². The molecule has 100 valence electrons. The van der Waals surface area contributed by atoms with Crippen LogP contribution in [0.25, 0.3) is 0 Å². The molecule has 1 aromatic carbocycles. The molecule has 3 heteroatoms. The molecule has 2 N–H and O–H groups in total. The van der Waals surface area contributed by atoms with E-state index in [0.29, 0.717) is 11.1 Å². The first-order valence-electron chi connectivity index (χ1n) is 6.46. The number of carbonyl (C=O) groups excluding carboxylic acids is 2. The van der Waals surface area contributed by atoms with Gasteiger partial charge < -0.3 is 5.32 Å². The lowest BCUT2D eigenvalue weighted by Gasteiger charge is -2.01. The summed E-state index contributed by atoms with van der Waals surface area (Å²) in [5, 5.41) is 1.92. The van der Waals surface area contributed by atoms with E-state index in [1.807, 2.05) is 25.2 Å². The molecule has 0 aliphatic carbocycles. The Balaban J connectivity index is 2.75. The summed E-state index contributed by atoms with van der Waals surface area (Å²) in [6.07, 6.45) is 5.24. The first-order valence-corrected chi connectivity index (χ1v) is 6.46. The van der Waals surface area contributed by atoms with Crippen molar-refractivity contribution in [3.8, 4) is 0 Å². The third-order valence-corrected chi connectivity index (χ3v) is 2.62. The summed E-state index contributed by atoms with van der Waals surface area (Å²) in [7, 11) is 0. The Bertz CT molecular complexity index is 487. The van der Waals surface area contributed by atoms with E-state index in [0.717, 1.165) is 6.54 Å². The molecule has 0 amide bonds. The highest BCUT2D eigenvalue weighted by Gasteiger charge is 2.14. The molecule has 1 rings (SSSR count). The van der Waals surface area contributed by atoms with E-state index in [1.54, 1.807) is 42.6 Å². The molecule has 0 saturated carbocycles. The van der Waals surface area contributed by atoms with E-state index in [-0.39, 0.29) is 18.0 Å². The van der Waals surface area contributed by atoms with Gasteiger partial charge >= 0.3 is 0 Å². The molecule has 0 radical (unpaired) electrons. The van der Waals surface area contributed by atoms with Gasteiger partial charge in [0.1, 0.15) is 6.20 Å². The first-order chi connectivity index (χ1) is 9.19. The summed E-state index contributed by atoms with van der Waals surface area (Å²) < 4.78 is 0. The fraction of sp³-hybridized carbons (Fsp3) is 0.250. The maximum atomic E-state index is 12.1. The normalized spacial score (nSPS) is 11.8. The van der Waals surface area contributed by atoms with Crippen molar-refractivity contribution in [1.82, 2.24) is 0 Å². The Morgan fingerprint density at radius 1 is 1.21 bits per heavy atom. The van der Waals surface area contributed by atoms with E-state index in [9.17, 15) is 9.59 Å². The van der Waals surface area contributed by atoms with Crippen LogP contribution in [0.4, 0.5) is 0 Å². The van der Waals surface area contributed by atoms with Crippen LogP contribution in [0.3, 0.4) is 0 Å². The molecule has 0 saturated heterocycles. The van der Waals surface area contributed by atoms with Crippen molar-refractivity contribution >= 4 is 11.6 Å². The van der Waals surface area contributed by atoms with Crippen LogP contribution in [0.15, 0.2) is 54.3 Å². The van der Waals surface area contributed by atoms with Crippen LogP contribution in [-0.4, -0.2) is 18.1 Å². The molecule has 0 bridgehead atoms. The summed E-state index contributed by atoms with van der Waals surface area (Å²) >= 11 is 0. The zero-order valence-corrected chi connectivity index (χ0v) is 11.4. The number of hydrogen-bond acceptors (Lipinski definition) is 2. The fourth-order valence-corrected chi connectivity index (χ4v) is 1.64. The van der Waals surface area contributed by atoms with Gasteiger partial charge in [0.25, 0.3) is 0 Å². The highest BCUT2D eigenvalue weighted by atomic mass is 16.1. The summed E-state index contributed by atoms with van der Waals surface area (Å²) in [6, 6.07) is 8.90. The van der Waals surface area contributed by atoms with Crippen LogP contribution in [-0.2, 0) is 4.79 Å². The fourth-order valence-electron chi connectivity index (χ4n) is 1.64. The lowest BCUT2D eigenvalue weighted by molar-refractivity contribution is -0.584. The molecular weight excluding hydrogens is 238 g/mol. The molecule has 0 fully saturated rings. The van der Waals surface area contributed by atoms with Gasteiger partial charge in [-0.25, -0.2) is 0 Å². The molecule has 0 spiro atoms. The largest absolute Gasteiger partial charge is 0.320 e. The van der Waals surface area contributed by atoms with Gasteiger partial charge in [-0.05, 0) is 13.8 Å². The van der Waals surface area contributed by atoms with Crippen molar-refractivity contribution in [3.05, 3.63) is 59.8 Å². The second-order valence-corrected chi connectivity index (χ2v) is 4.16. The van der Waals surface area contributed by atoms with Crippen LogP contribution >= 0.6 is 0 Å². The minimum atomic E-state index is -0.142. The minimum Gasteiger partial charge on any atom is -0.320 e. The standard InChI is InChI=1S/C16H19NO2/c1-3-8-14(12-17-4-2)16(19)11-15(18)13-9-6-5-7-10-13/h3,5-10,12,17H,4,11H2,1-2H3/p+1/b8-3-,14-12+. The number of benzene rings is 1. The average Bonchev–Trinajstić information content (AvgIpc) is 2.44. The maximum absolute atomic E-state index is 12.1. The van der Waals surface area contributed by atoms with Crippen molar-refractivity contribution in [1.29, 1.82) is 0 Å². The topological polar surface area (TPSA) is 50.8 Å². The van der Waals surface area contributed by atoms with Crippen LogP contribution in [0.5, 0.6) is 0 Å². The molecule has 1 aromatic rings. The number of Topliss-reactive ketones (excluding diaryl/α,β-unsaturated/α-hetero) is 2. The van der Waals surface area contributed by atoms with Gasteiger partial charge in [0, 0.05) is 5.56 Å². The second kappa shape index (κ2) is 8.16. The Hall–Kier alpha value is -2.00. The quantitative estimate of drug-likeness (QED) is 0.351. The SMILES string of the molecule is C/C=C\C(=C/[NH2+]CC)C(=O)CC(=O)c1ccccc1. The van der Waals surface area contributed by atoms with E-state index in [2.05, 4.69) is 0 Å². The van der Waals surface area contributed by atoms with E-state index in [4.69, 9.17) is 0 Å². The van der Waals surface area contributed by atoms with Gasteiger partial charge in [-0.3, -0.25) is 9.59 Å². The molecule has 0 aliphatic heterocycles. The van der Waals surface area contributed by atoms with Crippen LogP contribution < -0.4 is 5.32 Å². The molecule has 0 aromatic heterocycles. The highest BCUT2D eigenvalue weighted by molar-refractivity contribution is 6.14. The molecule has 0 atom stereocenters. The number of carbonyl (C=O) groups is 2. The molecule has 0 aliphatic rings. The van der Waals surface area contributed by atoms with Gasteiger partial charge in [-0.1, -0.05) is 42.5 Å². The summed E-state index contributed by atoms with van der Waals surface area (Å²) in [6.45, 7) is 4.72. The number of nitrogens with two attached hydrogens (primary N) is 1. The lowest BCUT2D eigenvalue weighted by atomic mass is 10.0. The average molecular weight is 258 g/mol. The molecular formula is C16H20NO2+. The van der Waals surface area contributed by atoms with Gasteiger partial charge in [-0.15, -0.1) is 0 Å². The Morgan fingerprint density at radius 2 is 1.89 bits per heavy atom. The summed E-state index contributed by atoms with van der Waals surface area (Å²) in [4.78, 5) is 24.0. The van der Waals surface area contributed by atoms with Gasteiger partial charge in [-0.2, -0.15) is 0 Å². The lowest BCUT2D eigenvalue weighted by Crippen LogP contribution is -2.77. The number of ketones is 2. The molecule has 19 heavy (non-hydrogen) atoms. The van der Waals surface area contributed by atoms with Crippen molar-refractivity contribution in [3.63, 3.8) is 0 Å². The molecule has 0 unspecified atom stereocenters. The number of quaternary nitrogens is 1. The van der Waals surface area contributed by atoms with Gasteiger partial charge in [0.15, 0.2) is 11.6 Å². The zero-order chi connectivity index (χ0) is 14.1. The van der Waals surface area contributed by atoms with Crippen molar-refractivity contribution in [2.45, 2.75) is 20.3 Å². The molecule has 0 heterocycles. The van der Waals surface area contributed by atoms with Gasteiger partial charge in [0.05, 0.1) is 18.5 Å². The van der Waals surface area contributed by atoms with Crippen molar-refractivity contribution in [2.24, 2.45) is 0 Å². The number of hydrogen-bond donors (Lipinski definition) is 1. The summed E-state index contributed by atoms with van der Waals surface area (Å²) in [5.74, 6) is -0.283. The van der Waals surface area contributed by atoms with E-state index >= 15 is 0 Å². The Labute approximate surface area is 114 Å². The second-order valence-electron chi connectivity index (χ2n) is 4.16. The zero-order valence-electron chi connectivity index (χ0n) is 11.4. The van der Waals surface area contributed by atoms with E-state index in [1.165, 1.54) is 0 Å². The third kappa shape index (κ3) is 5.02. The van der Waals surface area contributed by atoms with Crippen LogP contribution in [0.2, 0.25) is 0 Å². The maximum Gasteiger partial charge on any atom is 0.175 e. The highest BCUT2D eigenvalue weighted by Crippen LogP contribution is 2.07. The molecule has 3 nitrogen and oxygen atoms in total. The summed E-state index contributed by atoms with van der Waals surface area (Å²) in [5.41, 5.74) is 1.16. The Morgan fingerprint density at radius 3 is 2.47 bits per heavy atom. The monoisotopic (exact) mass is 258 g/mol. The number of rotatable bonds is 7. The third-order valence-electron chi connectivity index (χ3n) is 2.62.